The summed E-state index contributed by atoms with van der Waals surface area (Å²) in [5.41, 5.74) is -0.110. The van der Waals surface area contributed by atoms with Gasteiger partial charge in [0.15, 0.2) is 0 Å². The first kappa shape index (κ1) is 11.4. The van der Waals surface area contributed by atoms with E-state index in [4.69, 9.17) is 0 Å². The van der Waals surface area contributed by atoms with Crippen molar-refractivity contribution in [2.75, 3.05) is 0 Å². The first-order valence-electron chi connectivity index (χ1n) is 5.51. The van der Waals surface area contributed by atoms with E-state index in [1.807, 2.05) is 25.3 Å². The molecule has 5 heteroatoms. The molecule has 0 bridgehead atoms. The van der Waals surface area contributed by atoms with Crippen molar-refractivity contribution in [2.45, 2.75) is 20.4 Å². The molecular formula is C12H12BrNO2S. The number of rotatable bonds is 2. The number of likely N-dealkylation sites (tertiary alicyclic amines) is 1. The molecule has 1 aromatic rings. The lowest BCUT2D eigenvalue weighted by Crippen LogP contribution is -2.35. The monoisotopic (exact) mass is 313 g/mol. The van der Waals surface area contributed by atoms with Crippen LogP contribution in [0.2, 0.25) is 0 Å². The van der Waals surface area contributed by atoms with E-state index in [1.165, 1.54) is 4.90 Å². The number of nitrogens with zero attached hydrogens (tertiary/aromatic N) is 1. The van der Waals surface area contributed by atoms with E-state index in [9.17, 15) is 9.59 Å². The summed E-state index contributed by atoms with van der Waals surface area (Å²) in [5, 5.41) is 1.96. The molecule has 1 aliphatic carbocycles. The zero-order chi connectivity index (χ0) is 12.4. The van der Waals surface area contributed by atoms with Gasteiger partial charge in [-0.15, -0.1) is 11.3 Å². The molecule has 90 valence electrons. The topological polar surface area (TPSA) is 37.4 Å². The molecule has 3 rings (SSSR count). The van der Waals surface area contributed by atoms with Crippen molar-refractivity contribution in [2.24, 2.45) is 17.3 Å². The van der Waals surface area contributed by atoms with Gasteiger partial charge in [-0.2, -0.15) is 0 Å². The average molecular weight is 314 g/mol. The van der Waals surface area contributed by atoms with Gasteiger partial charge in [-0.3, -0.25) is 14.5 Å². The maximum absolute atomic E-state index is 12.1. The Morgan fingerprint density at radius 3 is 2.41 bits per heavy atom. The Hall–Kier alpha value is -0.680. The van der Waals surface area contributed by atoms with Gasteiger partial charge in [0.25, 0.3) is 0 Å². The van der Waals surface area contributed by atoms with Crippen LogP contribution < -0.4 is 0 Å². The number of fused-ring (bicyclic) bond motifs is 1. The quantitative estimate of drug-likeness (QED) is 0.787. The lowest BCUT2D eigenvalue weighted by atomic mass is 10.1. The summed E-state index contributed by atoms with van der Waals surface area (Å²) >= 11 is 4.94. The first-order valence-corrected chi connectivity index (χ1v) is 7.18. The smallest absolute Gasteiger partial charge is 0.234 e. The molecule has 1 aromatic heterocycles. The van der Waals surface area contributed by atoms with Crippen molar-refractivity contribution in [1.29, 1.82) is 0 Å². The molecule has 0 spiro atoms. The van der Waals surface area contributed by atoms with Crippen LogP contribution in [-0.2, 0) is 16.1 Å². The van der Waals surface area contributed by atoms with Crippen molar-refractivity contribution in [3.8, 4) is 0 Å². The molecule has 1 aliphatic heterocycles. The SMILES string of the molecule is CC1(C)C2C(=O)N(Cc3cc(Br)cs3)C(=O)C21. The molecular weight excluding hydrogens is 302 g/mol. The van der Waals surface area contributed by atoms with Crippen molar-refractivity contribution in [3.63, 3.8) is 0 Å². The number of carbonyl (C=O) groups excluding carboxylic acids is 2. The average Bonchev–Trinajstić information content (AvgIpc) is 2.55. The Balaban J connectivity index is 1.79. The zero-order valence-electron chi connectivity index (χ0n) is 9.57. The van der Waals surface area contributed by atoms with Gasteiger partial charge in [-0.05, 0) is 27.4 Å². The van der Waals surface area contributed by atoms with E-state index in [0.717, 1.165) is 9.35 Å². The summed E-state index contributed by atoms with van der Waals surface area (Å²) in [6.07, 6.45) is 0. The molecule has 2 heterocycles. The number of hydrogen-bond donors (Lipinski definition) is 0. The zero-order valence-corrected chi connectivity index (χ0v) is 12.0. The van der Waals surface area contributed by atoms with Crippen LogP contribution in [0.15, 0.2) is 15.9 Å². The molecule has 2 fully saturated rings. The molecule has 0 aromatic carbocycles. The molecule has 2 amide bonds. The van der Waals surface area contributed by atoms with E-state index in [0.29, 0.717) is 6.54 Å². The summed E-state index contributed by atoms with van der Waals surface area (Å²) in [6, 6.07) is 1.96. The van der Waals surface area contributed by atoms with Crippen LogP contribution in [0.4, 0.5) is 0 Å². The van der Waals surface area contributed by atoms with Crippen LogP contribution in [0.3, 0.4) is 0 Å². The fourth-order valence-electron chi connectivity index (χ4n) is 2.75. The predicted molar refractivity (Wildman–Crippen MR) is 68.3 cm³/mol. The van der Waals surface area contributed by atoms with Crippen LogP contribution in [0.1, 0.15) is 18.7 Å². The van der Waals surface area contributed by atoms with Gasteiger partial charge >= 0.3 is 0 Å². The summed E-state index contributed by atoms with van der Waals surface area (Å²) in [5.74, 6) is -0.124. The normalized spacial score (nSPS) is 29.7. The third-order valence-electron chi connectivity index (χ3n) is 3.83. The Kier molecular flexibility index (Phi) is 2.29. The Labute approximate surface area is 112 Å². The lowest BCUT2D eigenvalue weighted by molar-refractivity contribution is -0.143. The van der Waals surface area contributed by atoms with Crippen LogP contribution in [-0.4, -0.2) is 16.7 Å². The van der Waals surface area contributed by atoms with Gasteiger partial charge in [-0.1, -0.05) is 13.8 Å². The number of amides is 2. The minimum atomic E-state index is -0.110. The largest absolute Gasteiger partial charge is 0.277 e. The highest BCUT2D eigenvalue weighted by molar-refractivity contribution is 9.10. The van der Waals surface area contributed by atoms with Crippen LogP contribution in [0.5, 0.6) is 0 Å². The number of hydrogen-bond acceptors (Lipinski definition) is 3. The van der Waals surface area contributed by atoms with E-state index >= 15 is 0 Å². The summed E-state index contributed by atoms with van der Waals surface area (Å²) in [7, 11) is 0. The number of carbonyl (C=O) groups is 2. The second-order valence-electron chi connectivity index (χ2n) is 5.27. The molecule has 0 radical (unpaired) electrons. The minimum Gasteiger partial charge on any atom is -0.277 e. The Morgan fingerprint density at radius 1 is 1.35 bits per heavy atom. The van der Waals surface area contributed by atoms with E-state index < -0.39 is 0 Å². The standard InChI is InChI=1S/C12H12BrNO2S/c1-12(2)8-9(12)11(16)14(10(8)15)4-7-3-6(13)5-17-7/h3,5,8-9H,4H2,1-2H3. The maximum atomic E-state index is 12.1. The number of imide groups is 1. The van der Waals surface area contributed by atoms with Gasteiger partial charge in [0.05, 0.1) is 18.4 Å². The molecule has 2 unspecified atom stereocenters. The molecule has 1 saturated carbocycles. The Morgan fingerprint density at radius 2 is 1.94 bits per heavy atom. The van der Waals surface area contributed by atoms with Crippen molar-refractivity contribution in [1.82, 2.24) is 4.90 Å². The van der Waals surface area contributed by atoms with Gasteiger partial charge in [-0.25, -0.2) is 0 Å². The fourth-order valence-corrected chi connectivity index (χ4v) is 4.19. The molecule has 1 saturated heterocycles. The van der Waals surface area contributed by atoms with Gasteiger partial charge in [0, 0.05) is 14.7 Å². The number of halogens is 1. The van der Waals surface area contributed by atoms with Gasteiger partial charge < -0.3 is 0 Å². The summed E-state index contributed by atoms with van der Waals surface area (Å²) < 4.78 is 1.00. The van der Waals surface area contributed by atoms with Crippen molar-refractivity contribution >= 4 is 39.1 Å². The van der Waals surface area contributed by atoms with Gasteiger partial charge in [0.2, 0.25) is 11.8 Å². The minimum absolute atomic E-state index is 0.00882. The predicted octanol–water partition coefficient (Wildman–Crippen LogP) is 2.65. The highest BCUT2D eigenvalue weighted by Gasteiger charge is 2.72. The van der Waals surface area contributed by atoms with E-state index in [1.54, 1.807) is 11.3 Å². The Bertz CT molecular complexity index is 498. The van der Waals surface area contributed by atoms with E-state index in [-0.39, 0.29) is 29.1 Å². The highest BCUT2D eigenvalue weighted by Crippen LogP contribution is 2.63. The molecule has 2 atom stereocenters. The third kappa shape index (κ3) is 1.52. The van der Waals surface area contributed by atoms with E-state index in [2.05, 4.69) is 15.9 Å². The van der Waals surface area contributed by atoms with Gasteiger partial charge in [0.1, 0.15) is 0 Å². The third-order valence-corrected chi connectivity index (χ3v) is 5.51. The first-order chi connectivity index (χ1) is 7.93. The summed E-state index contributed by atoms with van der Waals surface area (Å²) in [6.45, 7) is 4.42. The van der Waals surface area contributed by atoms with Crippen LogP contribution >= 0.6 is 27.3 Å². The summed E-state index contributed by atoms with van der Waals surface area (Å²) in [4.78, 5) is 26.6. The molecule has 0 N–H and O–H groups in total. The molecule has 17 heavy (non-hydrogen) atoms. The molecule has 2 aliphatic rings. The van der Waals surface area contributed by atoms with Crippen LogP contribution in [0, 0.1) is 17.3 Å². The fraction of sp³-hybridized carbons (Fsp3) is 0.500. The maximum Gasteiger partial charge on any atom is 0.234 e. The second-order valence-corrected chi connectivity index (χ2v) is 7.18. The highest BCUT2D eigenvalue weighted by atomic mass is 79.9. The molecule has 3 nitrogen and oxygen atoms in total. The number of thiophene rings is 1. The number of piperidine rings is 1. The van der Waals surface area contributed by atoms with Crippen LogP contribution in [0.25, 0.3) is 0 Å². The van der Waals surface area contributed by atoms with Crippen molar-refractivity contribution < 1.29 is 9.59 Å². The van der Waals surface area contributed by atoms with Crippen molar-refractivity contribution in [3.05, 3.63) is 20.8 Å². The lowest BCUT2D eigenvalue weighted by Gasteiger charge is -2.19. The second kappa shape index (κ2) is 3.42.